The van der Waals surface area contributed by atoms with Gasteiger partial charge in [-0.3, -0.25) is 4.90 Å². The molecule has 13 heavy (non-hydrogen) atoms. The molecule has 0 fully saturated rings. The van der Waals surface area contributed by atoms with E-state index in [0.29, 0.717) is 11.2 Å². The van der Waals surface area contributed by atoms with Crippen molar-refractivity contribution in [3.63, 3.8) is 0 Å². The number of hydrogen-bond acceptors (Lipinski definition) is 2. The van der Waals surface area contributed by atoms with E-state index in [1.807, 2.05) is 18.3 Å². The van der Waals surface area contributed by atoms with Gasteiger partial charge in [0, 0.05) is 12.2 Å². The molecule has 1 aromatic heterocycles. The van der Waals surface area contributed by atoms with Crippen LogP contribution < -0.4 is 0 Å². The Morgan fingerprint density at radius 1 is 1.54 bits per heavy atom. The average molecular weight is 199 g/mol. The van der Waals surface area contributed by atoms with E-state index in [4.69, 9.17) is 11.6 Å². The van der Waals surface area contributed by atoms with Crippen molar-refractivity contribution in [2.75, 3.05) is 13.6 Å². The van der Waals surface area contributed by atoms with E-state index in [1.54, 1.807) is 0 Å². The summed E-state index contributed by atoms with van der Waals surface area (Å²) in [5, 5.41) is 0.551. The van der Waals surface area contributed by atoms with Gasteiger partial charge in [-0.2, -0.15) is 0 Å². The van der Waals surface area contributed by atoms with Crippen LogP contribution in [0.25, 0.3) is 0 Å². The summed E-state index contributed by atoms with van der Waals surface area (Å²) in [5.74, 6) is 0. The van der Waals surface area contributed by atoms with Crippen LogP contribution in [0.5, 0.6) is 0 Å². The first-order valence-corrected chi connectivity index (χ1v) is 4.84. The van der Waals surface area contributed by atoms with Gasteiger partial charge in [0.25, 0.3) is 0 Å². The molecule has 1 atom stereocenters. The molecule has 0 aromatic carbocycles. The Bertz CT molecular complexity index is 258. The Kier molecular flexibility index (Phi) is 3.70. The van der Waals surface area contributed by atoms with Gasteiger partial charge in [0.05, 0.1) is 0 Å². The van der Waals surface area contributed by atoms with E-state index in [1.165, 1.54) is 5.56 Å². The van der Waals surface area contributed by atoms with Crippen molar-refractivity contribution >= 4 is 11.6 Å². The molecule has 72 valence electrons. The van der Waals surface area contributed by atoms with Crippen molar-refractivity contribution in [3.8, 4) is 0 Å². The van der Waals surface area contributed by atoms with E-state index in [9.17, 15) is 0 Å². The van der Waals surface area contributed by atoms with Gasteiger partial charge < -0.3 is 0 Å². The van der Waals surface area contributed by atoms with Gasteiger partial charge in [-0.25, -0.2) is 4.98 Å². The quantitative estimate of drug-likeness (QED) is 0.695. The Labute approximate surface area is 84.5 Å². The van der Waals surface area contributed by atoms with Gasteiger partial charge in [-0.05, 0) is 32.1 Å². The zero-order valence-electron chi connectivity index (χ0n) is 8.29. The molecule has 0 spiro atoms. The van der Waals surface area contributed by atoms with Crippen molar-refractivity contribution in [3.05, 3.63) is 29.0 Å². The minimum Gasteiger partial charge on any atom is -0.300 e. The third-order valence-electron chi connectivity index (χ3n) is 2.39. The van der Waals surface area contributed by atoms with Crippen LogP contribution in [0.4, 0.5) is 0 Å². The second kappa shape index (κ2) is 4.58. The van der Waals surface area contributed by atoms with Crippen LogP contribution in [0, 0.1) is 0 Å². The zero-order valence-corrected chi connectivity index (χ0v) is 9.04. The molecule has 1 rings (SSSR count). The Hall–Kier alpha value is -0.600. The Morgan fingerprint density at radius 2 is 2.23 bits per heavy atom. The molecular formula is C10H15ClN2. The molecule has 0 aliphatic carbocycles. The van der Waals surface area contributed by atoms with E-state index in [2.05, 4.69) is 30.8 Å². The SMILES string of the molecule is CCN(C)C(C)c1ccc(Cl)nc1. The van der Waals surface area contributed by atoms with Gasteiger partial charge in [-0.1, -0.05) is 24.6 Å². The van der Waals surface area contributed by atoms with Crippen molar-refractivity contribution in [2.45, 2.75) is 19.9 Å². The lowest BCUT2D eigenvalue weighted by Crippen LogP contribution is -2.21. The van der Waals surface area contributed by atoms with Crippen LogP contribution in [0.2, 0.25) is 5.15 Å². The Balaban J connectivity index is 2.77. The zero-order chi connectivity index (χ0) is 9.84. The van der Waals surface area contributed by atoms with Gasteiger partial charge in [0.15, 0.2) is 0 Å². The van der Waals surface area contributed by atoms with Crippen LogP contribution in [-0.2, 0) is 0 Å². The molecular weight excluding hydrogens is 184 g/mol. The van der Waals surface area contributed by atoms with Crippen molar-refractivity contribution in [1.29, 1.82) is 0 Å². The summed E-state index contributed by atoms with van der Waals surface area (Å²) in [6.07, 6.45) is 1.83. The fraction of sp³-hybridized carbons (Fsp3) is 0.500. The molecule has 0 saturated carbocycles. The lowest BCUT2D eigenvalue weighted by molar-refractivity contribution is 0.275. The van der Waals surface area contributed by atoms with Gasteiger partial charge >= 0.3 is 0 Å². The maximum Gasteiger partial charge on any atom is 0.129 e. The van der Waals surface area contributed by atoms with E-state index >= 15 is 0 Å². The molecule has 2 nitrogen and oxygen atoms in total. The second-order valence-electron chi connectivity index (χ2n) is 3.16. The number of nitrogens with zero attached hydrogens (tertiary/aromatic N) is 2. The first-order chi connectivity index (χ1) is 6.15. The van der Waals surface area contributed by atoms with Crippen LogP contribution >= 0.6 is 11.6 Å². The topological polar surface area (TPSA) is 16.1 Å². The number of rotatable bonds is 3. The highest BCUT2D eigenvalue weighted by Crippen LogP contribution is 2.18. The fourth-order valence-electron chi connectivity index (χ4n) is 1.16. The lowest BCUT2D eigenvalue weighted by Gasteiger charge is -2.22. The molecule has 0 aliphatic heterocycles. The smallest absolute Gasteiger partial charge is 0.129 e. The largest absolute Gasteiger partial charge is 0.300 e. The lowest BCUT2D eigenvalue weighted by atomic mass is 10.1. The summed E-state index contributed by atoms with van der Waals surface area (Å²) in [4.78, 5) is 6.31. The molecule has 0 amide bonds. The number of pyridine rings is 1. The molecule has 3 heteroatoms. The molecule has 0 radical (unpaired) electrons. The third kappa shape index (κ3) is 2.68. The predicted molar refractivity (Wildman–Crippen MR) is 56.0 cm³/mol. The third-order valence-corrected chi connectivity index (χ3v) is 2.62. The molecule has 1 unspecified atom stereocenters. The monoisotopic (exact) mass is 198 g/mol. The van der Waals surface area contributed by atoms with Crippen LogP contribution in [0.3, 0.4) is 0 Å². The molecule has 0 N–H and O–H groups in total. The van der Waals surface area contributed by atoms with Crippen LogP contribution in [0.15, 0.2) is 18.3 Å². The maximum atomic E-state index is 5.71. The molecule has 1 heterocycles. The summed E-state index contributed by atoms with van der Waals surface area (Å²) in [6, 6.07) is 4.25. The standard InChI is InChI=1S/C10H15ClN2/c1-4-13(3)8(2)9-5-6-10(11)12-7-9/h5-8H,4H2,1-3H3. The van der Waals surface area contributed by atoms with E-state index < -0.39 is 0 Å². The maximum absolute atomic E-state index is 5.71. The van der Waals surface area contributed by atoms with Gasteiger partial charge in [0.1, 0.15) is 5.15 Å². The molecule has 1 aromatic rings. The normalized spacial score (nSPS) is 13.3. The summed E-state index contributed by atoms with van der Waals surface area (Å²) in [5.41, 5.74) is 1.20. The van der Waals surface area contributed by atoms with Crippen molar-refractivity contribution in [1.82, 2.24) is 9.88 Å². The Morgan fingerprint density at radius 3 is 2.69 bits per heavy atom. The summed E-state index contributed by atoms with van der Waals surface area (Å²) >= 11 is 5.71. The van der Waals surface area contributed by atoms with Crippen LogP contribution in [-0.4, -0.2) is 23.5 Å². The minimum absolute atomic E-state index is 0.398. The number of aromatic nitrogens is 1. The molecule has 0 saturated heterocycles. The highest BCUT2D eigenvalue weighted by Gasteiger charge is 2.09. The number of halogens is 1. The highest BCUT2D eigenvalue weighted by molar-refractivity contribution is 6.29. The van der Waals surface area contributed by atoms with Crippen LogP contribution in [0.1, 0.15) is 25.5 Å². The summed E-state index contributed by atoms with van der Waals surface area (Å²) in [7, 11) is 2.10. The first-order valence-electron chi connectivity index (χ1n) is 4.46. The minimum atomic E-state index is 0.398. The van der Waals surface area contributed by atoms with E-state index in [-0.39, 0.29) is 0 Å². The average Bonchev–Trinajstić information content (AvgIpc) is 2.17. The second-order valence-corrected chi connectivity index (χ2v) is 3.55. The summed E-state index contributed by atoms with van der Waals surface area (Å²) in [6.45, 7) is 5.33. The van der Waals surface area contributed by atoms with Gasteiger partial charge in [-0.15, -0.1) is 0 Å². The number of hydrogen-bond donors (Lipinski definition) is 0. The van der Waals surface area contributed by atoms with Crippen molar-refractivity contribution in [2.24, 2.45) is 0 Å². The molecule has 0 bridgehead atoms. The van der Waals surface area contributed by atoms with Crippen molar-refractivity contribution < 1.29 is 0 Å². The van der Waals surface area contributed by atoms with Gasteiger partial charge in [0.2, 0.25) is 0 Å². The van der Waals surface area contributed by atoms with E-state index in [0.717, 1.165) is 6.54 Å². The first kappa shape index (κ1) is 10.5. The highest BCUT2D eigenvalue weighted by atomic mass is 35.5. The predicted octanol–water partition coefficient (Wildman–Crippen LogP) is 2.75. The fourth-order valence-corrected chi connectivity index (χ4v) is 1.27. The molecule has 0 aliphatic rings. The summed E-state index contributed by atoms with van der Waals surface area (Å²) < 4.78 is 0.